The van der Waals surface area contributed by atoms with E-state index < -0.39 is 22.9 Å². The number of halogens is 4. The molecule has 2 bridgehead atoms. The van der Waals surface area contributed by atoms with Crippen LogP contribution in [-0.4, -0.2) is 38.3 Å². The molecule has 2 aromatic heterocycles. The molecule has 6 nitrogen and oxygen atoms in total. The van der Waals surface area contributed by atoms with Gasteiger partial charge in [-0.05, 0) is 12.1 Å². The maximum absolute atomic E-state index is 15.1. The second-order valence-corrected chi connectivity index (χ2v) is 9.54. The number of fused-ring (bicyclic) bond motifs is 3. The summed E-state index contributed by atoms with van der Waals surface area (Å²) in [5, 5.41) is 9.25. The Balaban J connectivity index is 1.43. The standard InChI is InChI=1S/C26H20ClF3N4O2/c27-19-3-1-2-18(20(19)28)26(29,30)16-6-4-14(5-7-16)21-22-23(31)32-8-9-34(22)24(33-21)17-12-36-25(13-35)10-15(17)11-25/h1-9,35H,10-13H2,(H2,31,32). The summed E-state index contributed by atoms with van der Waals surface area (Å²) < 4.78 is 52.4. The Morgan fingerprint density at radius 1 is 1.17 bits per heavy atom. The number of nitrogens with zero attached hydrogens (tertiary/aromatic N) is 3. The van der Waals surface area contributed by atoms with E-state index >= 15 is 8.78 Å². The Morgan fingerprint density at radius 3 is 2.58 bits per heavy atom. The SMILES string of the molecule is Nc1nccn2c(C3=C4CC(CO)(C4)OC3)nc(-c3ccc(C(F)(F)c4cccc(Cl)c4F)cc3)c12. The van der Waals surface area contributed by atoms with Gasteiger partial charge in [0.15, 0.2) is 5.82 Å². The van der Waals surface area contributed by atoms with Gasteiger partial charge >= 0.3 is 5.92 Å². The molecule has 1 aliphatic carbocycles. The van der Waals surface area contributed by atoms with Gasteiger partial charge in [-0.2, -0.15) is 8.78 Å². The number of ether oxygens (including phenoxy) is 1. The Kier molecular flexibility index (Phi) is 5.15. The van der Waals surface area contributed by atoms with Crippen molar-refractivity contribution in [3.05, 3.63) is 88.2 Å². The van der Waals surface area contributed by atoms with E-state index in [4.69, 9.17) is 27.1 Å². The number of hydrogen-bond donors (Lipinski definition) is 2. The molecule has 4 heterocycles. The molecule has 2 aromatic carbocycles. The maximum atomic E-state index is 15.1. The molecule has 1 saturated carbocycles. The Labute approximate surface area is 208 Å². The zero-order valence-electron chi connectivity index (χ0n) is 18.8. The van der Waals surface area contributed by atoms with Crippen molar-refractivity contribution in [2.24, 2.45) is 0 Å². The van der Waals surface area contributed by atoms with Crippen LogP contribution in [0.4, 0.5) is 19.0 Å². The molecule has 0 amide bonds. The lowest BCUT2D eigenvalue weighted by Crippen LogP contribution is -2.49. The van der Waals surface area contributed by atoms with E-state index in [9.17, 15) is 9.50 Å². The summed E-state index contributed by atoms with van der Waals surface area (Å²) in [6, 6.07) is 9.00. The van der Waals surface area contributed by atoms with Crippen molar-refractivity contribution >= 4 is 28.5 Å². The average molecular weight is 513 g/mol. The van der Waals surface area contributed by atoms with Crippen LogP contribution >= 0.6 is 11.6 Å². The molecule has 1 fully saturated rings. The molecule has 0 radical (unpaired) electrons. The third-order valence-electron chi connectivity index (χ3n) is 6.97. The third kappa shape index (κ3) is 3.34. The summed E-state index contributed by atoms with van der Waals surface area (Å²) in [6.45, 7) is 0.261. The van der Waals surface area contributed by atoms with E-state index in [1.54, 1.807) is 12.4 Å². The summed E-state index contributed by atoms with van der Waals surface area (Å²) >= 11 is 5.72. The van der Waals surface area contributed by atoms with Gasteiger partial charge in [0.2, 0.25) is 0 Å². The first-order valence-corrected chi connectivity index (χ1v) is 11.6. The van der Waals surface area contributed by atoms with Gasteiger partial charge in [0.1, 0.15) is 22.9 Å². The highest BCUT2D eigenvalue weighted by Crippen LogP contribution is 2.49. The Bertz CT molecular complexity index is 1540. The van der Waals surface area contributed by atoms with Gasteiger partial charge in [-0.15, -0.1) is 0 Å². The Hall–Kier alpha value is -3.40. The number of nitrogen functional groups attached to an aromatic ring is 1. The lowest BCUT2D eigenvalue weighted by molar-refractivity contribution is -0.103. The lowest BCUT2D eigenvalue weighted by Gasteiger charge is -2.47. The van der Waals surface area contributed by atoms with E-state index in [1.807, 2.05) is 4.40 Å². The van der Waals surface area contributed by atoms with Crippen LogP contribution in [0.5, 0.6) is 0 Å². The largest absolute Gasteiger partial charge is 0.393 e. The molecule has 3 N–H and O–H groups in total. The van der Waals surface area contributed by atoms with E-state index in [1.165, 1.54) is 36.4 Å². The minimum atomic E-state index is -3.59. The summed E-state index contributed by atoms with van der Waals surface area (Å²) in [5.41, 5.74) is 8.16. The number of aliphatic hydroxyl groups is 1. The zero-order valence-corrected chi connectivity index (χ0v) is 19.6. The first-order chi connectivity index (χ1) is 17.2. The molecule has 0 atom stereocenters. The molecule has 4 aromatic rings. The molecule has 3 aliphatic rings. The molecule has 184 valence electrons. The number of rotatable bonds is 5. The normalized spacial score (nSPS) is 16.9. The quantitative estimate of drug-likeness (QED) is 0.383. The first-order valence-electron chi connectivity index (χ1n) is 11.3. The highest BCUT2D eigenvalue weighted by molar-refractivity contribution is 6.30. The summed E-state index contributed by atoms with van der Waals surface area (Å²) in [6.07, 6.45) is 4.57. The molecule has 0 unspecified atom stereocenters. The minimum Gasteiger partial charge on any atom is -0.393 e. The highest BCUT2D eigenvalue weighted by atomic mass is 35.5. The number of imidazole rings is 1. The van der Waals surface area contributed by atoms with Crippen LogP contribution in [0.2, 0.25) is 5.02 Å². The number of nitrogens with two attached hydrogens (primary N) is 1. The van der Waals surface area contributed by atoms with Crippen LogP contribution in [0.1, 0.15) is 29.8 Å². The van der Waals surface area contributed by atoms with Crippen molar-refractivity contribution in [3.63, 3.8) is 0 Å². The molecule has 7 rings (SSSR count). The number of benzene rings is 2. The van der Waals surface area contributed by atoms with Crippen LogP contribution in [-0.2, 0) is 10.7 Å². The molecular formula is C26H20ClF3N4O2. The minimum absolute atomic E-state index is 0.0374. The van der Waals surface area contributed by atoms with Gasteiger partial charge in [-0.25, -0.2) is 14.4 Å². The van der Waals surface area contributed by atoms with E-state index in [2.05, 4.69) is 4.98 Å². The van der Waals surface area contributed by atoms with Crippen molar-refractivity contribution < 1.29 is 23.0 Å². The average Bonchev–Trinajstić information content (AvgIpc) is 3.26. The van der Waals surface area contributed by atoms with Crippen molar-refractivity contribution in [1.29, 1.82) is 0 Å². The monoisotopic (exact) mass is 512 g/mol. The molecule has 2 aliphatic heterocycles. The predicted octanol–water partition coefficient (Wildman–Crippen LogP) is 5.22. The van der Waals surface area contributed by atoms with Crippen molar-refractivity contribution in [3.8, 4) is 11.3 Å². The van der Waals surface area contributed by atoms with Crippen molar-refractivity contribution in [2.75, 3.05) is 18.9 Å². The van der Waals surface area contributed by atoms with Gasteiger partial charge in [-0.1, -0.05) is 47.5 Å². The molecule has 0 spiro atoms. The number of anilines is 1. The lowest BCUT2D eigenvalue weighted by atomic mass is 9.71. The summed E-state index contributed by atoms with van der Waals surface area (Å²) in [4.78, 5) is 9.00. The fourth-order valence-electron chi connectivity index (χ4n) is 4.97. The van der Waals surface area contributed by atoms with Crippen LogP contribution in [0, 0.1) is 5.82 Å². The smallest absolute Gasteiger partial charge is 0.301 e. The van der Waals surface area contributed by atoms with Crippen molar-refractivity contribution in [1.82, 2.24) is 14.4 Å². The van der Waals surface area contributed by atoms with E-state index in [0.717, 1.165) is 17.2 Å². The first kappa shape index (κ1) is 23.0. The summed E-state index contributed by atoms with van der Waals surface area (Å²) in [5.74, 6) is -3.87. The summed E-state index contributed by atoms with van der Waals surface area (Å²) in [7, 11) is 0. The Morgan fingerprint density at radius 2 is 1.92 bits per heavy atom. The van der Waals surface area contributed by atoms with Gasteiger partial charge in [0.05, 0.1) is 29.4 Å². The van der Waals surface area contributed by atoms with Gasteiger partial charge in [-0.3, -0.25) is 4.40 Å². The fourth-order valence-corrected chi connectivity index (χ4v) is 5.14. The third-order valence-corrected chi connectivity index (χ3v) is 7.26. The zero-order chi connectivity index (χ0) is 25.2. The number of alkyl halides is 2. The fraction of sp³-hybridized carbons (Fsp3) is 0.231. The number of aliphatic hydroxyl groups excluding tert-OH is 1. The molecule has 0 saturated heterocycles. The second kappa shape index (κ2) is 8.06. The molecular weight excluding hydrogens is 493 g/mol. The van der Waals surface area contributed by atoms with Crippen LogP contribution in [0.3, 0.4) is 0 Å². The topological polar surface area (TPSA) is 85.7 Å². The molecule has 10 heteroatoms. The second-order valence-electron chi connectivity index (χ2n) is 9.13. The van der Waals surface area contributed by atoms with Crippen LogP contribution in [0.15, 0.2) is 60.4 Å². The van der Waals surface area contributed by atoms with Crippen LogP contribution in [0.25, 0.3) is 22.3 Å². The molecule has 36 heavy (non-hydrogen) atoms. The van der Waals surface area contributed by atoms with Crippen LogP contribution < -0.4 is 5.73 Å². The number of aromatic nitrogens is 3. The highest BCUT2D eigenvalue weighted by Gasteiger charge is 2.47. The van der Waals surface area contributed by atoms with Gasteiger partial charge in [0.25, 0.3) is 0 Å². The van der Waals surface area contributed by atoms with Gasteiger partial charge < -0.3 is 15.6 Å². The van der Waals surface area contributed by atoms with E-state index in [0.29, 0.717) is 42.0 Å². The number of hydrogen-bond acceptors (Lipinski definition) is 5. The maximum Gasteiger partial charge on any atom is 0.301 e. The van der Waals surface area contributed by atoms with Crippen molar-refractivity contribution in [2.45, 2.75) is 24.4 Å². The van der Waals surface area contributed by atoms with Gasteiger partial charge in [0, 0.05) is 41.9 Å². The predicted molar refractivity (Wildman–Crippen MR) is 129 cm³/mol. The van der Waals surface area contributed by atoms with E-state index in [-0.39, 0.29) is 23.0 Å².